The van der Waals surface area contributed by atoms with Crippen molar-refractivity contribution in [2.75, 3.05) is 26.3 Å². The maximum atomic E-state index is 5.32. The third kappa shape index (κ3) is 3.40. The van der Waals surface area contributed by atoms with E-state index in [1.165, 1.54) is 10.6 Å². The van der Waals surface area contributed by atoms with E-state index in [9.17, 15) is 0 Å². The molecule has 1 fully saturated rings. The molecule has 0 bridgehead atoms. The van der Waals surface area contributed by atoms with Crippen LogP contribution in [0.15, 0.2) is 10.6 Å². The molecule has 1 unspecified atom stereocenters. The van der Waals surface area contributed by atoms with E-state index in [0.29, 0.717) is 5.50 Å². The SMILES string of the molecule is CC.CC1=C(C)SC(N2CCOCC2)N1. The van der Waals surface area contributed by atoms with Gasteiger partial charge in [-0.15, -0.1) is 0 Å². The summed E-state index contributed by atoms with van der Waals surface area (Å²) in [4.78, 5) is 3.85. The van der Waals surface area contributed by atoms with Gasteiger partial charge in [0, 0.05) is 23.7 Å². The summed E-state index contributed by atoms with van der Waals surface area (Å²) in [6, 6.07) is 0. The maximum Gasteiger partial charge on any atom is 0.132 e. The molecule has 0 aliphatic carbocycles. The number of rotatable bonds is 1. The highest BCUT2D eigenvalue weighted by atomic mass is 32.2. The second kappa shape index (κ2) is 6.40. The van der Waals surface area contributed by atoms with Crippen molar-refractivity contribution in [1.29, 1.82) is 0 Å². The van der Waals surface area contributed by atoms with Gasteiger partial charge >= 0.3 is 0 Å². The fraction of sp³-hybridized carbons (Fsp3) is 0.818. The molecule has 2 rings (SSSR count). The Morgan fingerprint density at radius 1 is 1.27 bits per heavy atom. The molecule has 2 aliphatic rings. The highest BCUT2D eigenvalue weighted by Crippen LogP contribution is 2.31. The summed E-state index contributed by atoms with van der Waals surface area (Å²) >= 11 is 1.92. The number of ether oxygens (including phenoxy) is 1. The number of morpholine rings is 1. The first kappa shape index (κ1) is 12.9. The molecule has 0 aromatic carbocycles. The first-order valence-corrected chi connectivity index (χ1v) is 6.58. The molecule has 0 saturated carbocycles. The van der Waals surface area contributed by atoms with Crippen LogP contribution in [0.4, 0.5) is 0 Å². The van der Waals surface area contributed by atoms with Gasteiger partial charge in [0.1, 0.15) is 5.50 Å². The summed E-state index contributed by atoms with van der Waals surface area (Å²) in [7, 11) is 0. The first-order chi connectivity index (χ1) is 7.27. The van der Waals surface area contributed by atoms with Crippen LogP contribution in [0.1, 0.15) is 27.7 Å². The molecule has 0 amide bonds. The molecule has 2 aliphatic heterocycles. The van der Waals surface area contributed by atoms with Crippen molar-refractivity contribution in [3.63, 3.8) is 0 Å². The summed E-state index contributed by atoms with van der Waals surface area (Å²) in [5.74, 6) is 0. The van der Waals surface area contributed by atoms with Crippen molar-refractivity contribution in [2.45, 2.75) is 33.2 Å². The molecule has 0 aromatic heterocycles. The highest BCUT2D eigenvalue weighted by Gasteiger charge is 2.26. The Morgan fingerprint density at radius 3 is 2.33 bits per heavy atom. The normalized spacial score (nSPS) is 27.1. The van der Waals surface area contributed by atoms with Gasteiger partial charge in [0.2, 0.25) is 0 Å². The monoisotopic (exact) mass is 230 g/mol. The van der Waals surface area contributed by atoms with E-state index >= 15 is 0 Å². The van der Waals surface area contributed by atoms with Gasteiger partial charge in [-0.1, -0.05) is 25.6 Å². The molecule has 0 aromatic rings. The summed E-state index contributed by atoms with van der Waals surface area (Å²) in [6.45, 7) is 12.2. The predicted molar refractivity (Wildman–Crippen MR) is 66.6 cm³/mol. The number of allylic oxidation sites excluding steroid dienone is 2. The van der Waals surface area contributed by atoms with Gasteiger partial charge in [-0.25, -0.2) is 0 Å². The fourth-order valence-electron chi connectivity index (χ4n) is 1.55. The number of hydrogen-bond acceptors (Lipinski definition) is 4. The van der Waals surface area contributed by atoms with Crippen molar-refractivity contribution >= 4 is 11.8 Å². The average Bonchev–Trinajstić information content (AvgIpc) is 2.63. The van der Waals surface area contributed by atoms with E-state index in [-0.39, 0.29) is 0 Å². The Labute approximate surface area is 97.2 Å². The van der Waals surface area contributed by atoms with E-state index in [1.807, 2.05) is 25.6 Å². The molecular weight excluding hydrogens is 208 g/mol. The fourth-order valence-corrected chi connectivity index (χ4v) is 2.72. The van der Waals surface area contributed by atoms with Crippen molar-refractivity contribution in [1.82, 2.24) is 10.2 Å². The van der Waals surface area contributed by atoms with Gasteiger partial charge < -0.3 is 10.1 Å². The zero-order valence-corrected chi connectivity index (χ0v) is 11.0. The van der Waals surface area contributed by atoms with Crippen LogP contribution < -0.4 is 5.32 Å². The largest absolute Gasteiger partial charge is 0.379 e. The van der Waals surface area contributed by atoms with Gasteiger partial charge in [0.15, 0.2) is 0 Å². The van der Waals surface area contributed by atoms with Crippen LogP contribution in [-0.2, 0) is 4.74 Å². The minimum Gasteiger partial charge on any atom is -0.379 e. The molecule has 4 heteroatoms. The van der Waals surface area contributed by atoms with Crippen molar-refractivity contribution in [3.8, 4) is 0 Å². The quantitative estimate of drug-likeness (QED) is 0.746. The summed E-state index contributed by atoms with van der Waals surface area (Å²) < 4.78 is 5.32. The Bertz CT molecular complexity index is 211. The molecule has 2 heterocycles. The standard InChI is InChI=1S/C9H16N2OS.C2H6/c1-7-8(2)13-9(10-7)11-3-5-12-6-4-11;1-2/h9-10H,3-6H2,1-2H3;1-2H3. The summed E-state index contributed by atoms with van der Waals surface area (Å²) in [6.07, 6.45) is 0. The zero-order valence-electron chi connectivity index (χ0n) is 10.2. The maximum absolute atomic E-state index is 5.32. The molecule has 88 valence electrons. The Hall–Kier alpha value is -0.190. The van der Waals surface area contributed by atoms with Crippen LogP contribution in [0, 0.1) is 0 Å². The number of nitrogens with zero attached hydrogens (tertiary/aromatic N) is 1. The van der Waals surface area contributed by atoms with Crippen LogP contribution in [0.3, 0.4) is 0 Å². The van der Waals surface area contributed by atoms with Gasteiger partial charge in [0.05, 0.1) is 13.2 Å². The molecule has 3 nitrogen and oxygen atoms in total. The zero-order chi connectivity index (χ0) is 11.3. The lowest BCUT2D eigenvalue weighted by atomic mass is 10.4. The van der Waals surface area contributed by atoms with E-state index in [2.05, 4.69) is 24.1 Å². The van der Waals surface area contributed by atoms with Crippen LogP contribution >= 0.6 is 11.8 Å². The Kier molecular flexibility index (Phi) is 5.50. The molecule has 1 saturated heterocycles. The lowest BCUT2D eigenvalue weighted by Crippen LogP contribution is -2.46. The highest BCUT2D eigenvalue weighted by molar-refractivity contribution is 8.03. The molecule has 1 atom stereocenters. The van der Waals surface area contributed by atoms with E-state index in [0.717, 1.165) is 26.3 Å². The Morgan fingerprint density at radius 2 is 1.87 bits per heavy atom. The topological polar surface area (TPSA) is 24.5 Å². The lowest BCUT2D eigenvalue weighted by molar-refractivity contribution is 0.0297. The number of thioether (sulfide) groups is 1. The molecule has 0 spiro atoms. The second-order valence-corrected chi connectivity index (χ2v) is 4.74. The van der Waals surface area contributed by atoms with Crippen molar-refractivity contribution < 1.29 is 4.74 Å². The number of hydrogen-bond donors (Lipinski definition) is 1. The van der Waals surface area contributed by atoms with Crippen LogP contribution in [-0.4, -0.2) is 36.7 Å². The smallest absolute Gasteiger partial charge is 0.132 e. The van der Waals surface area contributed by atoms with Gasteiger partial charge in [-0.2, -0.15) is 0 Å². The third-order valence-corrected chi connectivity index (χ3v) is 3.83. The predicted octanol–water partition coefficient (Wildman–Crippen LogP) is 2.22. The van der Waals surface area contributed by atoms with Crippen LogP contribution in [0.2, 0.25) is 0 Å². The van der Waals surface area contributed by atoms with E-state index in [1.54, 1.807) is 0 Å². The minimum absolute atomic E-state index is 0.448. The van der Waals surface area contributed by atoms with Crippen molar-refractivity contribution in [3.05, 3.63) is 10.6 Å². The van der Waals surface area contributed by atoms with E-state index < -0.39 is 0 Å². The van der Waals surface area contributed by atoms with Crippen molar-refractivity contribution in [2.24, 2.45) is 0 Å². The van der Waals surface area contributed by atoms with E-state index in [4.69, 9.17) is 4.74 Å². The first-order valence-electron chi connectivity index (χ1n) is 5.70. The molecule has 0 radical (unpaired) electrons. The van der Waals surface area contributed by atoms with Gasteiger partial charge in [0.25, 0.3) is 0 Å². The van der Waals surface area contributed by atoms with Crippen LogP contribution in [0.25, 0.3) is 0 Å². The van der Waals surface area contributed by atoms with Gasteiger partial charge in [-0.3, -0.25) is 4.90 Å². The average molecular weight is 230 g/mol. The third-order valence-electron chi connectivity index (χ3n) is 2.53. The molecule has 15 heavy (non-hydrogen) atoms. The van der Waals surface area contributed by atoms with Gasteiger partial charge in [-0.05, 0) is 13.8 Å². The molecular formula is C11H22N2OS. The molecule has 1 N–H and O–H groups in total. The Balaban J connectivity index is 0.000000531. The lowest BCUT2D eigenvalue weighted by Gasteiger charge is -2.31. The minimum atomic E-state index is 0.448. The van der Waals surface area contributed by atoms with Crippen LogP contribution in [0.5, 0.6) is 0 Å². The summed E-state index contributed by atoms with van der Waals surface area (Å²) in [5, 5.41) is 3.49. The summed E-state index contributed by atoms with van der Waals surface area (Å²) in [5.41, 5.74) is 1.77. The second-order valence-electron chi connectivity index (χ2n) is 3.44. The number of nitrogens with one attached hydrogen (secondary N) is 1.